The van der Waals surface area contributed by atoms with E-state index < -0.39 is 10.0 Å². The van der Waals surface area contributed by atoms with E-state index in [-0.39, 0.29) is 10.7 Å². The summed E-state index contributed by atoms with van der Waals surface area (Å²) in [5, 5.41) is 0. The number of nitrogens with one attached hydrogen (secondary N) is 1. The van der Waals surface area contributed by atoms with Crippen LogP contribution in [0.5, 0.6) is 11.5 Å². The molecule has 27 heavy (non-hydrogen) atoms. The molecule has 0 bridgehead atoms. The lowest BCUT2D eigenvalue weighted by Crippen LogP contribution is -2.13. The van der Waals surface area contributed by atoms with Gasteiger partial charge in [0, 0.05) is 11.3 Å². The Labute approximate surface area is 158 Å². The van der Waals surface area contributed by atoms with Gasteiger partial charge in [0.2, 0.25) is 0 Å². The summed E-state index contributed by atoms with van der Waals surface area (Å²) < 4.78 is 33.2. The van der Waals surface area contributed by atoms with Crippen molar-refractivity contribution in [3.8, 4) is 11.5 Å². The molecule has 3 aromatic carbocycles. The van der Waals surface area contributed by atoms with E-state index in [9.17, 15) is 13.2 Å². The third-order valence-electron chi connectivity index (χ3n) is 3.93. The molecule has 0 saturated carbocycles. The topological polar surface area (TPSA) is 72.5 Å². The van der Waals surface area contributed by atoms with E-state index in [1.54, 1.807) is 24.3 Å². The number of Topliss-reactive ketones (excluding diaryl/α,β-unsaturated/α-hetero) is 1. The van der Waals surface area contributed by atoms with Gasteiger partial charge < -0.3 is 4.74 Å². The van der Waals surface area contributed by atoms with Crippen LogP contribution in [0.1, 0.15) is 22.8 Å². The minimum Gasteiger partial charge on any atom is -0.457 e. The number of benzene rings is 3. The van der Waals surface area contributed by atoms with Crippen molar-refractivity contribution < 1.29 is 17.9 Å². The number of anilines is 1. The number of carbonyl (C=O) groups is 1. The van der Waals surface area contributed by atoms with Crippen LogP contribution in [0.15, 0.2) is 77.7 Å². The maximum absolute atomic E-state index is 12.5. The molecule has 3 rings (SSSR count). The average molecular weight is 381 g/mol. The molecule has 0 saturated heterocycles. The Morgan fingerprint density at radius 2 is 1.33 bits per heavy atom. The minimum absolute atomic E-state index is 0.0903. The molecule has 0 aliphatic heterocycles. The van der Waals surface area contributed by atoms with Crippen LogP contribution in [-0.2, 0) is 10.0 Å². The van der Waals surface area contributed by atoms with Gasteiger partial charge in [-0.2, -0.15) is 0 Å². The molecule has 0 aliphatic rings. The molecule has 0 amide bonds. The van der Waals surface area contributed by atoms with E-state index in [1.807, 2.05) is 31.2 Å². The van der Waals surface area contributed by atoms with Crippen molar-refractivity contribution in [1.82, 2.24) is 0 Å². The van der Waals surface area contributed by atoms with Crippen molar-refractivity contribution in [2.75, 3.05) is 4.72 Å². The van der Waals surface area contributed by atoms with Crippen LogP contribution in [0.2, 0.25) is 0 Å². The van der Waals surface area contributed by atoms with Gasteiger partial charge >= 0.3 is 0 Å². The van der Waals surface area contributed by atoms with E-state index in [2.05, 4.69) is 4.72 Å². The quantitative estimate of drug-likeness (QED) is 0.623. The van der Waals surface area contributed by atoms with Crippen molar-refractivity contribution in [1.29, 1.82) is 0 Å². The van der Waals surface area contributed by atoms with Crippen molar-refractivity contribution in [2.45, 2.75) is 18.7 Å². The second-order valence-corrected chi connectivity index (χ2v) is 7.81. The lowest BCUT2D eigenvalue weighted by Gasteiger charge is -2.10. The van der Waals surface area contributed by atoms with Gasteiger partial charge in [0.05, 0.1) is 4.90 Å². The van der Waals surface area contributed by atoms with Gasteiger partial charge in [0.15, 0.2) is 5.78 Å². The first kappa shape index (κ1) is 18.7. The maximum atomic E-state index is 12.5. The smallest absolute Gasteiger partial charge is 0.261 e. The van der Waals surface area contributed by atoms with Crippen LogP contribution in [0, 0.1) is 6.92 Å². The third-order valence-corrected chi connectivity index (χ3v) is 5.33. The summed E-state index contributed by atoms with van der Waals surface area (Å²) in [5.74, 6) is 1.20. The first-order valence-electron chi connectivity index (χ1n) is 8.32. The van der Waals surface area contributed by atoms with Crippen molar-refractivity contribution in [3.63, 3.8) is 0 Å². The van der Waals surface area contributed by atoms with E-state index in [0.29, 0.717) is 22.7 Å². The van der Waals surface area contributed by atoms with Crippen LogP contribution in [0.25, 0.3) is 0 Å². The minimum atomic E-state index is -3.73. The summed E-state index contributed by atoms with van der Waals surface area (Å²) in [5.41, 5.74) is 2.02. The van der Waals surface area contributed by atoms with Crippen LogP contribution in [0.4, 0.5) is 5.69 Å². The lowest BCUT2D eigenvalue weighted by atomic mass is 10.2. The molecule has 0 atom stereocenters. The van der Waals surface area contributed by atoms with Crippen LogP contribution >= 0.6 is 0 Å². The van der Waals surface area contributed by atoms with E-state index >= 15 is 0 Å². The maximum Gasteiger partial charge on any atom is 0.261 e. The van der Waals surface area contributed by atoms with Crippen LogP contribution in [0.3, 0.4) is 0 Å². The number of aryl methyl sites for hydroxylation is 1. The highest BCUT2D eigenvalue weighted by Gasteiger charge is 2.14. The van der Waals surface area contributed by atoms with Gasteiger partial charge in [-0.1, -0.05) is 29.8 Å². The summed E-state index contributed by atoms with van der Waals surface area (Å²) >= 11 is 0. The van der Waals surface area contributed by atoms with Gasteiger partial charge in [0.25, 0.3) is 10.0 Å². The fourth-order valence-electron chi connectivity index (χ4n) is 2.42. The SMILES string of the molecule is CC(=O)c1ccc(S(=O)(=O)Nc2ccc(Oc3ccc(C)cc3)cc2)cc1. The predicted octanol–water partition coefficient (Wildman–Crippen LogP) is 4.79. The van der Waals surface area contributed by atoms with Gasteiger partial charge in [-0.15, -0.1) is 0 Å². The van der Waals surface area contributed by atoms with Crippen molar-refractivity contribution >= 4 is 21.5 Å². The molecule has 5 nitrogen and oxygen atoms in total. The molecule has 138 valence electrons. The number of hydrogen-bond donors (Lipinski definition) is 1. The summed E-state index contributed by atoms with van der Waals surface area (Å²) in [6.07, 6.45) is 0. The Hall–Kier alpha value is -3.12. The lowest BCUT2D eigenvalue weighted by molar-refractivity contribution is 0.101. The number of hydrogen-bond acceptors (Lipinski definition) is 4. The normalized spacial score (nSPS) is 11.0. The van der Waals surface area contributed by atoms with E-state index in [0.717, 1.165) is 5.56 Å². The average Bonchev–Trinajstić information content (AvgIpc) is 2.65. The zero-order valence-corrected chi connectivity index (χ0v) is 15.8. The largest absolute Gasteiger partial charge is 0.457 e. The van der Waals surface area contributed by atoms with Crippen molar-refractivity contribution in [3.05, 3.63) is 83.9 Å². The molecule has 0 radical (unpaired) electrons. The van der Waals surface area contributed by atoms with Gasteiger partial charge in [-0.25, -0.2) is 8.42 Å². The van der Waals surface area contributed by atoms with Crippen LogP contribution in [-0.4, -0.2) is 14.2 Å². The molecular formula is C21H19NO4S. The fourth-order valence-corrected chi connectivity index (χ4v) is 3.47. The summed E-state index contributed by atoms with van der Waals surface area (Å²) in [4.78, 5) is 11.4. The highest BCUT2D eigenvalue weighted by molar-refractivity contribution is 7.92. The standard InChI is InChI=1S/C21H19NO4S/c1-15-3-9-19(10-4-15)26-20-11-7-18(8-12-20)22-27(24,25)21-13-5-17(6-14-21)16(2)23/h3-14,22H,1-2H3. The fraction of sp³-hybridized carbons (Fsp3) is 0.0952. The Kier molecular flexibility index (Phi) is 5.28. The molecule has 6 heteroatoms. The predicted molar refractivity (Wildman–Crippen MR) is 105 cm³/mol. The zero-order valence-electron chi connectivity index (χ0n) is 15.0. The second-order valence-electron chi connectivity index (χ2n) is 6.13. The second kappa shape index (κ2) is 7.63. The molecule has 0 heterocycles. The third kappa shape index (κ3) is 4.74. The summed E-state index contributed by atoms with van der Waals surface area (Å²) in [6.45, 7) is 3.43. The number of rotatable bonds is 6. The molecule has 1 N–H and O–H groups in total. The van der Waals surface area contributed by atoms with Gasteiger partial charge in [-0.3, -0.25) is 9.52 Å². The van der Waals surface area contributed by atoms with E-state index in [1.165, 1.54) is 31.2 Å². The van der Waals surface area contributed by atoms with Crippen molar-refractivity contribution in [2.24, 2.45) is 0 Å². The molecule has 0 spiro atoms. The summed E-state index contributed by atoms with van der Waals surface area (Å²) in [6, 6.07) is 20.1. The molecule has 0 unspecified atom stereocenters. The molecule has 0 fully saturated rings. The number of ketones is 1. The van der Waals surface area contributed by atoms with E-state index in [4.69, 9.17) is 4.74 Å². The Balaban J connectivity index is 1.71. The Morgan fingerprint density at radius 1 is 0.815 bits per heavy atom. The first-order chi connectivity index (χ1) is 12.8. The highest BCUT2D eigenvalue weighted by Crippen LogP contribution is 2.24. The van der Waals surface area contributed by atoms with Gasteiger partial charge in [0.1, 0.15) is 11.5 Å². The first-order valence-corrected chi connectivity index (χ1v) is 9.80. The Bertz CT molecular complexity index is 1040. The molecule has 0 aliphatic carbocycles. The number of carbonyl (C=O) groups excluding carboxylic acids is 1. The molecular weight excluding hydrogens is 362 g/mol. The monoisotopic (exact) mass is 381 g/mol. The molecule has 0 aromatic heterocycles. The number of sulfonamides is 1. The summed E-state index contributed by atoms with van der Waals surface area (Å²) in [7, 11) is -3.73. The zero-order chi connectivity index (χ0) is 19.4. The van der Waals surface area contributed by atoms with Gasteiger partial charge in [-0.05, 0) is 62.4 Å². The molecule has 3 aromatic rings. The Morgan fingerprint density at radius 3 is 1.85 bits per heavy atom. The highest BCUT2D eigenvalue weighted by atomic mass is 32.2. The van der Waals surface area contributed by atoms with Crippen LogP contribution < -0.4 is 9.46 Å². The number of ether oxygens (including phenoxy) is 1.